The van der Waals surface area contributed by atoms with Crippen LogP contribution in [0.2, 0.25) is 5.02 Å². The molecule has 2 rings (SSSR count). The highest BCUT2D eigenvalue weighted by Crippen LogP contribution is 2.18. The number of pyridine rings is 1. The third-order valence-electron chi connectivity index (χ3n) is 3.36. The fraction of sp³-hybridized carbons (Fsp3) is 0.200. The molecule has 24 heavy (non-hydrogen) atoms. The van der Waals surface area contributed by atoms with Gasteiger partial charge in [-0.15, -0.1) is 0 Å². The Bertz CT molecular complexity index is 871. The van der Waals surface area contributed by atoms with Crippen molar-refractivity contribution in [2.24, 2.45) is 0 Å². The Morgan fingerprint density at radius 1 is 1.38 bits per heavy atom. The maximum atomic E-state index is 12.1. The first-order chi connectivity index (χ1) is 11.2. The van der Waals surface area contributed by atoms with Crippen LogP contribution in [0.1, 0.15) is 15.9 Å². The smallest absolute Gasteiger partial charge is 0.253 e. The Kier molecular flexibility index (Phi) is 5.30. The number of nitrogens with two attached hydrogens (primary N) is 1. The molecule has 9 heteroatoms. The van der Waals surface area contributed by atoms with E-state index in [4.69, 9.17) is 17.3 Å². The average Bonchev–Trinajstić information content (AvgIpc) is 2.54. The van der Waals surface area contributed by atoms with Crippen molar-refractivity contribution in [2.75, 3.05) is 23.3 Å². The molecule has 128 valence electrons. The van der Waals surface area contributed by atoms with Gasteiger partial charge < -0.3 is 11.1 Å². The number of nitrogens with one attached hydrogen (secondary N) is 1. The SMILES string of the molecule is CN(c1cccc(CNC(=O)c2cnc(N)c(Cl)c2)c1)S(C)(=O)=O. The van der Waals surface area contributed by atoms with Crippen molar-refractivity contribution in [3.8, 4) is 0 Å². The second-order valence-electron chi connectivity index (χ2n) is 5.17. The van der Waals surface area contributed by atoms with Crippen molar-refractivity contribution in [2.45, 2.75) is 6.54 Å². The second-order valence-corrected chi connectivity index (χ2v) is 7.60. The van der Waals surface area contributed by atoms with Crippen molar-refractivity contribution in [3.05, 3.63) is 52.7 Å². The molecule has 1 heterocycles. The first-order valence-corrected chi connectivity index (χ1v) is 9.13. The van der Waals surface area contributed by atoms with Gasteiger partial charge in [0.05, 0.1) is 22.5 Å². The first-order valence-electron chi connectivity index (χ1n) is 6.90. The summed E-state index contributed by atoms with van der Waals surface area (Å²) in [5.41, 5.74) is 7.07. The molecule has 0 saturated heterocycles. The van der Waals surface area contributed by atoms with E-state index in [1.807, 2.05) is 0 Å². The molecule has 0 unspecified atom stereocenters. The zero-order valence-corrected chi connectivity index (χ0v) is 14.7. The van der Waals surface area contributed by atoms with Crippen molar-refractivity contribution < 1.29 is 13.2 Å². The Morgan fingerprint density at radius 3 is 2.71 bits per heavy atom. The monoisotopic (exact) mass is 368 g/mol. The van der Waals surface area contributed by atoms with E-state index in [0.717, 1.165) is 11.8 Å². The van der Waals surface area contributed by atoms with Gasteiger partial charge in [-0.3, -0.25) is 9.10 Å². The predicted molar refractivity (Wildman–Crippen MR) is 94.5 cm³/mol. The molecular formula is C15H17ClN4O3S. The van der Waals surface area contributed by atoms with Crippen LogP contribution in [0.5, 0.6) is 0 Å². The molecule has 1 amide bonds. The molecule has 0 spiro atoms. The lowest BCUT2D eigenvalue weighted by molar-refractivity contribution is 0.0950. The van der Waals surface area contributed by atoms with E-state index in [-0.39, 0.29) is 23.3 Å². The quantitative estimate of drug-likeness (QED) is 0.834. The number of benzene rings is 1. The number of sulfonamides is 1. The average molecular weight is 369 g/mol. The highest BCUT2D eigenvalue weighted by atomic mass is 35.5. The van der Waals surface area contributed by atoms with Gasteiger partial charge in [0.1, 0.15) is 5.82 Å². The van der Waals surface area contributed by atoms with Gasteiger partial charge in [-0.05, 0) is 23.8 Å². The normalized spacial score (nSPS) is 11.1. The molecule has 0 saturated carbocycles. The van der Waals surface area contributed by atoms with Crippen LogP contribution in [0, 0.1) is 0 Å². The molecule has 7 nitrogen and oxygen atoms in total. The minimum absolute atomic E-state index is 0.157. The van der Waals surface area contributed by atoms with Gasteiger partial charge in [-0.2, -0.15) is 0 Å². The van der Waals surface area contributed by atoms with Crippen molar-refractivity contribution in [1.29, 1.82) is 0 Å². The molecule has 0 bridgehead atoms. The zero-order chi connectivity index (χ0) is 17.9. The fourth-order valence-electron chi connectivity index (χ4n) is 1.91. The highest BCUT2D eigenvalue weighted by Gasteiger charge is 2.13. The summed E-state index contributed by atoms with van der Waals surface area (Å²) in [5.74, 6) is -0.198. The number of nitrogens with zero attached hydrogens (tertiary/aromatic N) is 2. The maximum Gasteiger partial charge on any atom is 0.253 e. The summed E-state index contributed by atoms with van der Waals surface area (Å²) >= 11 is 5.84. The van der Waals surface area contributed by atoms with Crippen LogP contribution in [0.15, 0.2) is 36.5 Å². The topological polar surface area (TPSA) is 105 Å². The van der Waals surface area contributed by atoms with Gasteiger partial charge in [-0.25, -0.2) is 13.4 Å². The summed E-state index contributed by atoms with van der Waals surface area (Å²) < 4.78 is 24.3. The number of nitrogen functional groups attached to an aromatic ring is 1. The summed E-state index contributed by atoms with van der Waals surface area (Å²) in [6.45, 7) is 0.228. The van der Waals surface area contributed by atoms with E-state index in [2.05, 4.69) is 10.3 Å². The Labute approximate surface area is 145 Å². The summed E-state index contributed by atoms with van der Waals surface area (Å²) in [5, 5.41) is 2.93. The van der Waals surface area contributed by atoms with E-state index in [0.29, 0.717) is 11.3 Å². The molecule has 1 aromatic heterocycles. The largest absolute Gasteiger partial charge is 0.382 e. The Morgan fingerprint density at radius 2 is 2.08 bits per heavy atom. The number of hydrogen-bond acceptors (Lipinski definition) is 5. The molecule has 0 aliphatic heterocycles. The van der Waals surface area contributed by atoms with E-state index < -0.39 is 10.0 Å². The van der Waals surface area contributed by atoms with Crippen LogP contribution in [-0.2, 0) is 16.6 Å². The van der Waals surface area contributed by atoms with Gasteiger partial charge in [-0.1, -0.05) is 23.7 Å². The molecule has 0 atom stereocenters. The van der Waals surface area contributed by atoms with Gasteiger partial charge in [0.15, 0.2) is 0 Å². The van der Waals surface area contributed by atoms with E-state index in [1.165, 1.54) is 23.6 Å². The standard InChI is InChI=1S/C15H17ClN4O3S/c1-20(24(2,22)23)12-5-3-4-10(6-12)8-19-15(21)11-7-13(16)14(17)18-9-11/h3-7,9H,8H2,1-2H3,(H2,17,18)(H,19,21). The Balaban J connectivity index is 2.09. The number of carbonyl (C=O) groups excluding carboxylic acids is 1. The molecule has 0 radical (unpaired) electrons. The number of aromatic nitrogens is 1. The lowest BCUT2D eigenvalue weighted by Crippen LogP contribution is -2.25. The summed E-state index contributed by atoms with van der Waals surface area (Å²) in [7, 11) is -1.88. The number of amides is 1. The van der Waals surface area contributed by atoms with Crippen LogP contribution < -0.4 is 15.4 Å². The Hall–Kier alpha value is -2.32. The van der Waals surface area contributed by atoms with Crippen LogP contribution in [0.25, 0.3) is 0 Å². The number of hydrogen-bond donors (Lipinski definition) is 2. The second kappa shape index (κ2) is 7.06. The fourth-order valence-corrected chi connectivity index (χ4v) is 2.57. The zero-order valence-electron chi connectivity index (χ0n) is 13.2. The first kappa shape index (κ1) is 18.0. The third-order valence-corrected chi connectivity index (χ3v) is 4.87. The van der Waals surface area contributed by atoms with Crippen LogP contribution >= 0.6 is 11.6 Å². The van der Waals surface area contributed by atoms with Crippen LogP contribution in [0.3, 0.4) is 0 Å². The molecule has 0 aliphatic rings. The number of anilines is 2. The highest BCUT2D eigenvalue weighted by molar-refractivity contribution is 7.92. The van der Waals surface area contributed by atoms with Gasteiger partial charge >= 0.3 is 0 Å². The maximum absolute atomic E-state index is 12.1. The van der Waals surface area contributed by atoms with E-state index in [1.54, 1.807) is 24.3 Å². The molecular weight excluding hydrogens is 352 g/mol. The number of carbonyl (C=O) groups is 1. The third kappa shape index (κ3) is 4.36. The lowest BCUT2D eigenvalue weighted by atomic mass is 10.2. The molecule has 3 N–H and O–H groups in total. The van der Waals surface area contributed by atoms with E-state index in [9.17, 15) is 13.2 Å². The predicted octanol–water partition coefficient (Wildman–Crippen LogP) is 1.64. The summed E-state index contributed by atoms with van der Waals surface area (Å²) in [6, 6.07) is 8.31. The number of rotatable bonds is 5. The molecule has 1 aromatic carbocycles. The minimum atomic E-state index is -3.34. The van der Waals surface area contributed by atoms with E-state index >= 15 is 0 Å². The van der Waals surface area contributed by atoms with Crippen molar-refractivity contribution in [1.82, 2.24) is 10.3 Å². The van der Waals surface area contributed by atoms with Gasteiger partial charge in [0.2, 0.25) is 10.0 Å². The van der Waals surface area contributed by atoms with Crippen molar-refractivity contribution in [3.63, 3.8) is 0 Å². The molecule has 2 aromatic rings. The van der Waals surface area contributed by atoms with Crippen molar-refractivity contribution >= 4 is 39.0 Å². The number of halogens is 1. The van der Waals surface area contributed by atoms with Crippen LogP contribution in [-0.4, -0.2) is 32.6 Å². The van der Waals surface area contributed by atoms with Gasteiger partial charge in [0, 0.05) is 19.8 Å². The van der Waals surface area contributed by atoms with Gasteiger partial charge in [0.25, 0.3) is 5.91 Å². The van der Waals surface area contributed by atoms with Crippen LogP contribution in [0.4, 0.5) is 11.5 Å². The minimum Gasteiger partial charge on any atom is -0.382 e. The molecule has 0 fully saturated rings. The summed E-state index contributed by atoms with van der Waals surface area (Å²) in [4.78, 5) is 15.9. The molecule has 0 aliphatic carbocycles. The lowest BCUT2D eigenvalue weighted by Gasteiger charge is -2.17. The summed E-state index contributed by atoms with van der Waals surface area (Å²) in [6.07, 6.45) is 2.46.